The fraction of sp³-hybridized carbons (Fsp3) is 0.824. The molecule has 18 heavy (non-hydrogen) atoms. The van der Waals surface area contributed by atoms with E-state index >= 15 is 0 Å². The van der Waals surface area contributed by atoms with Gasteiger partial charge in [-0.15, -0.1) is 0 Å². The van der Waals surface area contributed by atoms with E-state index in [4.69, 9.17) is 0 Å². The van der Waals surface area contributed by atoms with Gasteiger partial charge in [0.1, 0.15) is 6.29 Å². The second-order valence-electron chi connectivity index (χ2n) is 5.29. The molecule has 0 aliphatic heterocycles. The van der Waals surface area contributed by atoms with Gasteiger partial charge in [-0.3, -0.25) is 4.79 Å². The molecule has 0 atom stereocenters. The monoisotopic (exact) mass is 252 g/mol. The molecule has 1 nitrogen and oxygen atoms in total. The van der Waals surface area contributed by atoms with Crippen molar-refractivity contribution >= 4 is 6.29 Å². The maximum Gasteiger partial charge on any atom is 0.142 e. The van der Waals surface area contributed by atoms with Gasteiger partial charge in [-0.05, 0) is 31.8 Å². The van der Waals surface area contributed by atoms with Crippen LogP contribution in [0.3, 0.4) is 0 Å². The van der Waals surface area contributed by atoms with Crippen LogP contribution in [0.1, 0.15) is 90.9 Å². The Morgan fingerprint density at radius 2 is 1.17 bits per heavy atom. The number of allylic oxidation sites excluding steroid dienone is 2. The van der Waals surface area contributed by atoms with Crippen molar-refractivity contribution in [1.29, 1.82) is 0 Å². The number of aldehydes is 1. The first-order chi connectivity index (χ1) is 8.85. The van der Waals surface area contributed by atoms with E-state index in [1.54, 1.807) is 6.08 Å². The maximum atomic E-state index is 10.6. The zero-order chi connectivity index (χ0) is 13.5. The molecule has 0 N–H and O–H groups in total. The van der Waals surface area contributed by atoms with E-state index in [1.165, 1.54) is 69.8 Å². The van der Waals surface area contributed by atoms with Crippen molar-refractivity contribution in [2.45, 2.75) is 90.9 Å². The molecule has 0 aliphatic carbocycles. The fourth-order valence-electron chi connectivity index (χ4n) is 2.30. The van der Waals surface area contributed by atoms with E-state index in [-0.39, 0.29) is 0 Å². The molecule has 0 saturated carbocycles. The van der Waals surface area contributed by atoms with E-state index < -0.39 is 0 Å². The van der Waals surface area contributed by atoms with Crippen molar-refractivity contribution in [2.24, 2.45) is 0 Å². The van der Waals surface area contributed by atoms with Crippen LogP contribution >= 0.6 is 0 Å². The van der Waals surface area contributed by atoms with Crippen molar-refractivity contribution in [3.05, 3.63) is 11.6 Å². The van der Waals surface area contributed by atoms with E-state index in [2.05, 4.69) is 13.8 Å². The molecule has 0 heterocycles. The van der Waals surface area contributed by atoms with Crippen LogP contribution in [0, 0.1) is 0 Å². The first-order valence-electron chi connectivity index (χ1n) is 7.98. The Kier molecular flexibility index (Phi) is 14.0. The molecule has 0 bridgehead atoms. The zero-order valence-corrected chi connectivity index (χ0v) is 12.5. The summed E-state index contributed by atoms with van der Waals surface area (Å²) in [6.07, 6.45) is 18.2. The van der Waals surface area contributed by atoms with Gasteiger partial charge in [0, 0.05) is 0 Å². The van der Waals surface area contributed by atoms with E-state index in [1.807, 2.05) is 0 Å². The Balaban J connectivity index is 3.59. The molecule has 0 aromatic rings. The van der Waals surface area contributed by atoms with Crippen molar-refractivity contribution in [3.8, 4) is 0 Å². The minimum absolute atomic E-state index is 0.966. The number of carbonyl (C=O) groups is 1. The number of hydrogen-bond donors (Lipinski definition) is 0. The van der Waals surface area contributed by atoms with Gasteiger partial charge in [0.15, 0.2) is 0 Å². The molecular weight excluding hydrogens is 220 g/mol. The maximum absolute atomic E-state index is 10.6. The molecular formula is C17H32O. The van der Waals surface area contributed by atoms with Crippen LogP contribution in [-0.4, -0.2) is 6.29 Å². The lowest BCUT2D eigenvalue weighted by atomic mass is 10.00. The molecule has 1 heteroatoms. The Morgan fingerprint density at radius 1 is 0.722 bits per heavy atom. The van der Waals surface area contributed by atoms with Gasteiger partial charge < -0.3 is 0 Å². The zero-order valence-electron chi connectivity index (χ0n) is 12.5. The van der Waals surface area contributed by atoms with Gasteiger partial charge in [0.2, 0.25) is 0 Å². The smallest absolute Gasteiger partial charge is 0.142 e. The van der Waals surface area contributed by atoms with E-state index in [0.29, 0.717) is 0 Å². The lowest BCUT2D eigenvalue weighted by Crippen LogP contribution is -1.88. The topological polar surface area (TPSA) is 17.1 Å². The third-order valence-corrected chi connectivity index (χ3v) is 3.51. The summed E-state index contributed by atoms with van der Waals surface area (Å²) in [5, 5.41) is 0. The molecule has 106 valence electrons. The molecule has 0 amide bonds. The molecule has 0 aromatic heterocycles. The quantitative estimate of drug-likeness (QED) is 0.229. The van der Waals surface area contributed by atoms with Crippen molar-refractivity contribution < 1.29 is 4.79 Å². The summed E-state index contributed by atoms with van der Waals surface area (Å²) in [5.74, 6) is 0. The minimum atomic E-state index is 0.966. The lowest BCUT2D eigenvalue weighted by Gasteiger charge is -2.06. The highest BCUT2D eigenvalue weighted by molar-refractivity contribution is 5.66. The van der Waals surface area contributed by atoms with Gasteiger partial charge in [-0.1, -0.05) is 70.8 Å². The summed E-state index contributed by atoms with van der Waals surface area (Å²) in [6, 6.07) is 0. The molecule has 0 radical (unpaired) electrons. The molecule has 0 spiro atoms. The lowest BCUT2D eigenvalue weighted by molar-refractivity contribution is -0.104. The summed E-state index contributed by atoms with van der Waals surface area (Å²) in [6.45, 7) is 4.49. The molecule has 0 unspecified atom stereocenters. The molecule has 0 saturated heterocycles. The minimum Gasteiger partial charge on any atom is -0.299 e. The second-order valence-corrected chi connectivity index (χ2v) is 5.29. The third-order valence-electron chi connectivity index (χ3n) is 3.51. The molecule has 0 aliphatic rings. The number of hydrogen-bond acceptors (Lipinski definition) is 1. The van der Waals surface area contributed by atoms with Crippen molar-refractivity contribution in [3.63, 3.8) is 0 Å². The van der Waals surface area contributed by atoms with E-state index in [0.717, 1.165) is 19.1 Å². The molecule has 0 rings (SSSR count). The third kappa shape index (κ3) is 11.9. The van der Waals surface area contributed by atoms with Crippen molar-refractivity contribution in [2.75, 3.05) is 0 Å². The predicted molar refractivity (Wildman–Crippen MR) is 80.9 cm³/mol. The van der Waals surface area contributed by atoms with Crippen LogP contribution in [-0.2, 0) is 4.79 Å². The van der Waals surface area contributed by atoms with Gasteiger partial charge in [0.25, 0.3) is 0 Å². The first kappa shape index (κ1) is 17.4. The van der Waals surface area contributed by atoms with Crippen molar-refractivity contribution in [1.82, 2.24) is 0 Å². The summed E-state index contributed by atoms with van der Waals surface area (Å²) >= 11 is 0. The predicted octanol–water partition coefficient (Wildman–Crippen LogP) is 5.83. The molecule has 0 aromatic carbocycles. The average Bonchev–Trinajstić information content (AvgIpc) is 2.38. The second kappa shape index (κ2) is 14.5. The Hall–Kier alpha value is -0.590. The van der Waals surface area contributed by atoms with Gasteiger partial charge in [0.05, 0.1) is 0 Å². The number of unbranched alkanes of at least 4 members (excludes halogenated alkanes) is 8. The highest BCUT2D eigenvalue weighted by atomic mass is 16.1. The highest BCUT2D eigenvalue weighted by Gasteiger charge is 1.98. The molecule has 0 fully saturated rings. The van der Waals surface area contributed by atoms with Gasteiger partial charge in [-0.25, -0.2) is 0 Å². The largest absolute Gasteiger partial charge is 0.299 e. The normalized spacial score (nSPS) is 10.3. The van der Waals surface area contributed by atoms with Gasteiger partial charge >= 0.3 is 0 Å². The van der Waals surface area contributed by atoms with Crippen LogP contribution in [0.25, 0.3) is 0 Å². The highest BCUT2D eigenvalue weighted by Crippen LogP contribution is 2.17. The van der Waals surface area contributed by atoms with Gasteiger partial charge in [-0.2, -0.15) is 0 Å². The summed E-state index contributed by atoms with van der Waals surface area (Å²) in [4.78, 5) is 10.6. The van der Waals surface area contributed by atoms with Crippen LogP contribution in [0.15, 0.2) is 11.6 Å². The fourth-order valence-corrected chi connectivity index (χ4v) is 2.30. The number of carbonyl (C=O) groups excluding carboxylic acids is 1. The Bertz CT molecular complexity index is 190. The van der Waals surface area contributed by atoms with Crippen LogP contribution in [0.5, 0.6) is 0 Å². The average molecular weight is 252 g/mol. The first-order valence-corrected chi connectivity index (χ1v) is 7.98. The van der Waals surface area contributed by atoms with E-state index in [9.17, 15) is 4.79 Å². The summed E-state index contributed by atoms with van der Waals surface area (Å²) < 4.78 is 0. The standard InChI is InChI=1S/C17H32O/c1-3-5-7-9-11-13-17(15-16-18)14-12-10-8-6-4-2/h15-16H,3-14H2,1-2H3. The van der Waals surface area contributed by atoms with Crippen LogP contribution in [0.2, 0.25) is 0 Å². The Labute approximate surface area is 114 Å². The van der Waals surface area contributed by atoms with Crippen LogP contribution < -0.4 is 0 Å². The SMILES string of the molecule is CCCCCCCC(=CC=O)CCCCCCC. The number of rotatable bonds is 13. The van der Waals surface area contributed by atoms with Crippen LogP contribution in [0.4, 0.5) is 0 Å². The Morgan fingerprint density at radius 3 is 1.56 bits per heavy atom. The summed E-state index contributed by atoms with van der Waals surface area (Å²) in [7, 11) is 0. The summed E-state index contributed by atoms with van der Waals surface area (Å²) in [5.41, 5.74) is 1.37.